The molecule has 1 aromatic heterocycles. The first-order valence-electron chi connectivity index (χ1n) is 6.31. The van der Waals surface area contributed by atoms with Gasteiger partial charge in [-0.1, -0.05) is 23.7 Å². The number of aromatic nitrogens is 1. The van der Waals surface area contributed by atoms with Crippen LogP contribution in [0.2, 0.25) is 5.02 Å². The Labute approximate surface area is 131 Å². The van der Waals surface area contributed by atoms with Crippen LogP contribution in [0.15, 0.2) is 36.5 Å². The Morgan fingerprint density at radius 2 is 2.09 bits per heavy atom. The third-order valence-corrected chi connectivity index (χ3v) is 3.05. The van der Waals surface area contributed by atoms with E-state index in [-0.39, 0.29) is 11.6 Å². The average molecular weight is 321 g/mol. The Bertz CT molecular complexity index is 718. The van der Waals surface area contributed by atoms with Crippen LogP contribution in [0, 0.1) is 0 Å². The van der Waals surface area contributed by atoms with Gasteiger partial charge in [-0.2, -0.15) is 0 Å². The summed E-state index contributed by atoms with van der Waals surface area (Å²) in [5.74, 6) is -1.53. The van der Waals surface area contributed by atoms with Crippen LogP contribution >= 0.6 is 11.6 Å². The summed E-state index contributed by atoms with van der Waals surface area (Å²) in [6.07, 6.45) is 1.03. The van der Waals surface area contributed by atoms with Crippen molar-refractivity contribution in [1.82, 2.24) is 4.98 Å². The van der Waals surface area contributed by atoms with Gasteiger partial charge in [0.1, 0.15) is 6.42 Å². The molecular formula is C15H13ClN2O4. The Kier molecular flexibility index (Phi) is 4.95. The minimum absolute atomic E-state index is 0.0281. The number of ether oxygens (including phenoxy) is 1. The molecule has 0 atom stereocenters. The minimum Gasteiger partial charge on any atom is -0.504 e. The average Bonchev–Trinajstić information content (AvgIpc) is 2.49. The number of anilines is 1. The molecule has 0 saturated heterocycles. The highest BCUT2D eigenvalue weighted by Crippen LogP contribution is 2.28. The molecule has 2 N–H and O–H groups in total. The van der Waals surface area contributed by atoms with Crippen LogP contribution in [-0.4, -0.2) is 29.1 Å². The fourth-order valence-corrected chi connectivity index (χ4v) is 1.95. The number of carbonyl (C=O) groups excluding carboxylic acids is 2. The van der Waals surface area contributed by atoms with E-state index in [0.29, 0.717) is 10.6 Å². The molecule has 22 heavy (non-hydrogen) atoms. The molecule has 0 fully saturated rings. The number of benzene rings is 1. The zero-order valence-corrected chi connectivity index (χ0v) is 12.4. The van der Waals surface area contributed by atoms with Crippen molar-refractivity contribution < 1.29 is 19.4 Å². The molecule has 7 heteroatoms. The lowest BCUT2D eigenvalue weighted by Crippen LogP contribution is -2.17. The SMILES string of the molecule is COC(=O)CC(=O)Nc1ncc(-c2cccc(Cl)c2)cc1O. The molecule has 2 rings (SSSR count). The van der Waals surface area contributed by atoms with E-state index in [2.05, 4.69) is 15.0 Å². The summed E-state index contributed by atoms with van der Waals surface area (Å²) in [7, 11) is 1.19. The van der Waals surface area contributed by atoms with Gasteiger partial charge in [0.15, 0.2) is 11.6 Å². The Morgan fingerprint density at radius 1 is 1.32 bits per heavy atom. The third-order valence-electron chi connectivity index (χ3n) is 2.82. The summed E-state index contributed by atoms with van der Waals surface area (Å²) in [5, 5.41) is 12.8. The van der Waals surface area contributed by atoms with Gasteiger partial charge < -0.3 is 15.2 Å². The van der Waals surface area contributed by atoms with Gasteiger partial charge in [-0.3, -0.25) is 9.59 Å². The van der Waals surface area contributed by atoms with Gasteiger partial charge in [-0.05, 0) is 23.8 Å². The summed E-state index contributed by atoms with van der Waals surface area (Å²) < 4.78 is 4.38. The fraction of sp³-hybridized carbons (Fsp3) is 0.133. The minimum atomic E-state index is -0.674. The smallest absolute Gasteiger partial charge is 0.315 e. The number of nitrogens with one attached hydrogen (secondary N) is 1. The summed E-state index contributed by atoms with van der Waals surface area (Å²) in [6, 6.07) is 8.51. The van der Waals surface area contributed by atoms with Gasteiger partial charge in [0.25, 0.3) is 0 Å². The Morgan fingerprint density at radius 3 is 2.73 bits per heavy atom. The molecule has 114 valence electrons. The highest BCUT2D eigenvalue weighted by atomic mass is 35.5. The second-order valence-electron chi connectivity index (χ2n) is 4.40. The molecule has 0 aliphatic rings. The highest BCUT2D eigenvalue weighted by molar-refractivity contribution is 6.30. The highest BCUT2D eigenvalue weighted by Gasteiger charge is 2.13. The largest absolute Gasteiger partial charge is 0.504 e. The van der Waals surface area contributed by atoms with Crippen molar-refractivity contribution in [3.8, 4) is 16.9 Å². The molecule has 2 aromatic rings. The standard InChI is InChI=1S/C15H13ClN2O4/c1-22-14(21)7-13(20)18-15-12(19)6-10(8-17-15)9-3-2-4-11(16)5-9/h2-6,8,19H,7H2,1H3,(H,17,18,20). The van der Waals surface area contributed by atoms with Crippen molar-refractivity contribution in [2.75, 3.05) is 12.4 Å². The van der Waals surface area contributed by atoms with E-state index in [1.807, 2.05) is 6.07 Å². The monoisotopic (exact) mass is 320 g/mol. The summed E-state index contributed by atoms with van der Waals surface area (Å²) in [4.78, 5) is 26.5. The van der Waals surface area contributed by atoms with Gasteiger partial charge in [-0.25, -0.2) is 4.98 Å². The van der Waals surface area contributed by atoms with Crippen LogP contribution in [0.1, 0.15) is 6.42 Å². The zero-order chi connectivity index (χ0) is 16.1. The van der Waals surface area contributed by atoms with Crippen molar-refractivity contribution in [3.05, 3.63) is 41.6 Å². The van der Waals surface area contributed by atoms with E-state index in [9.17, 15) is 14.7 Å². The summed E-state index contributed by atoms with van der Waals surface area (Å²) >= 11 is 5.91. The summed E-state index contributed by atoms with van der Waals surface area (Å²) in [6.45, 7) is 0. The normalized spacial score (nSPS) is 10.1. The number of amides is 1. The van der Waals surface area contributed by atoms with Crippen LogP contribution in [0.3, 0.4) is 0 Å². The van der Waals surface area contributed by atoms with E-state index < -0.39 is 18.3 Å². The number of halogens is 1. The summed E-state index contributed by atoms with van der Waals surface area (Å²) in [5.41, 5.74) is 1.42. The molecule has 0 saturated carbocycles. The lowest BCUT2D eigenvalue weighted by Gasteiger charge is -2.08. The number of methoxy groups -OCH3 is 1. The molecule has 6 nitrogen and oxygen atoms in total. The molecule has 1 amide bonds. The number of carbonyl (C=O) groups is 2. The quantitative estimate of drug-likeness (QED) is 0.667. The second-order valence-corrected chi connectivity index (χ2v) is 4.84. The van der Waals surface area contributed by atoms with Crippen molar-refractivity contribution >= 4 is 29.3 Å². The molecule has 0 aliphatic heterocycles. The number of nitrogens with zero attached hydrogens (tertiary/aromatic N) is 1. The van der Waals surface area contributed by atoms with Crippen molar-refractivity contribution in [2.24, 2.45) is 0 Å². The first-order chi connectivity index (χ1) is 10.5. The number of hydrogen-bond acceptors (Lipinski definition) is 5. The first kappa shape index (κ1) is 15.8. The molecule has 1 heterocycles. The maximum atomic E-state index is 11.6. The number of rotatable bonds is 4. The lowest BCUT2D eigenvalue weighted by atomic mass is 10.1. The first-order valence-corrected chi connectivity index (χ1v) is 6.69. The molecule has 0 unspecified atom stereocenters. The van der Waals surface area contributed by atoms with E-state index in [1.54, 1.807) is 18.2 Å². The molecular weight excluding hydrogens is 308 g/mol. The molecule has 1 aromatic carbocycles. The number of hydrogen-bond donors (Lipinski definition) is 2. The predicted octanol–water partition coefficient (Wildman–Crippen LogP) is 2.61. The maximum Gasteiger partial charge on any atom is 0.315 e. The Balaban J connectivity index is 2.16. The Hall–Kier alpha value is -2.60. The van der Waals surface area contributed by atoms with E-state index in [0.717, 1.165) is 5.56 Å². The van der Waals surface area contributed by atoms with E-state index in [4.69, 9.17) is 11.6 Å². The molecule has 0 radical (unpaired) electrons. The predicted molar refractivity (Wildman–Crippen MR) is 81.6 cm³/mol. The van der Waals surface area contributed by atoms with Gasteiger partial charge in [0.2, 0.25) is 5.91 Å². The third kappa shape index (κ3) is 3.95. The van der Waals surface area contributed by atoms with Gasteiger partial charge in [0, 0.05) is 16.8 Å². The maximum absolute atomic E-state index is 11.6. The second kappa shape index (κ2) is 6.91. The van der Waals surface area contributed by atoms with Crippen molar-refractivity contribution in [1.29, 1.82) is 0 Å². The van der Waals surface area contributed by atoms with Crippen molar-refractivity contribution in [3.63, 3.8) is 0 Å². The van der Waals surface area contributed by atoms with E-state index in [1.165, 1.54) is 19.4 Å². The topological polar surface area (TPSA) is 88.5 Å². The number of pyridine rings is 1. The van der Waals surface area contributed by atoms with Gasteiger partial charge >= 0.3 is 5.97 Å². The van der Waals surface area contributed by atoms with Crippen molar-refractivity contribution in [2.45, 2.75) is 6.42 Å². The van der Waals surface area contributed by atoms with Gasteiger partial charge in [0.05, 0.1) is 7.11 Å². The van der Waals surface area contributed by atoms with Crippen LogP contribution in [0.4, 0.5) is 5.82 Å². The van der Waals surface area contributed by atoms with Crippen LogP contribution in [0.5, 0.6) is 5.75 Å². The van der Waals surface area contributed by atoms with Gasteiger partial charge in [-0.15, -0.1) is 0 Å². The molecule has 0 spiro atoms. The van der Waals surface area contributed by atoms with E-state index >= 15 is 0 Å². The molecule has 0 aliphatic carbocycles. The van der Waals surface area contributed by atoms with Crippen LogP contribution in [-0.2, 0) is 14.3 Å². The molecule has 0 bridgehead atoms. The number of esters is 1. The van der Waals surface area contributed by atoms with Crippen LogP contribution < -0.4 is 5.32 Å². The number of aromatic hydroxyl groups is 1. The zero-order valence-electron chi connectivity index (χ0n) is 11.7. The fourth-order valence-electron chi connectivity index (χ4n) is 1.75. The lowest BCUT2D eigenvalue weighted by molar-refractivity contribution is -0.142. The van der Waals surface area contributed by atoms with Crippen LogP contribution in [0.25, 0.3) is 11.1 Å².